The van der Waals surface area contributed by atoms with Crippen molar-refractivity contribution in [3.63, 3.8) is 0 Å². The second-order valence-electron chi connectivity index (χ2n) is 2.62. The van der Waals surface area contributed by atoms with Crippen LogP contribution < -0.4 is 5.56 Å². The molecule has 2 nitrogen and oxygen atoms in total. The molecule has 0 aliphatic heterocycles. The van der Waals surface area contributed by atoms with Crippen molar-refractivity contribution >= 4 is 12.6 Å². The molecule has 0 aliphatic carbocycles. The molecule has 0 aliphatic rings. The Balaban J connectivity index is 3.29. The molecule has 1 aromatic rings. The lowest BCUT2D eigenvalue weighted by molar-refractivity contribution is -0.144. The number of thiol groups is 1. The molecule has 78 valence electrons. The Labute approximate surface area is 83.8 Å². The van der Waals surface area contributed by atoms with E-state index in [1.54, 1.807) is 0 Å². The first kappa shape index (κ1) is 11.2. The van der Waals surface area contributed by atoms with Crippen LogP contribution in [0.1, 0.15) is 5.69 Å². The lowest BCUT2D eigenvalue weighted by atomic mass is 10.3. The van der Waals surface area contributed by atoms with Gasteiger partial charge in [0.15, 0.2) is 0 Å². The normalized spacial score (nSPS) is 11.7. The summed E-state index contributed by atoms with van der Waals surface area (Å²) in [6.07, 6.45) is -4.50. The van der Waals surface area contributed by atoms with Crippen molar-refractivity contribution in [1.82, 2.24) is 4.57 Å². The zero-order valence-corrected chi connectivity index (χ0v) is 7.98. The van der Waals surface area contributed by atoms with Gasteiger partial charge in [-0.3, -0.25) is 4.79 Å². The molecule has 0 unspecified atom stereocenters. The topological polar surface area (TPSA) is 22.0 Å². The Morgan fingerprint density at radius 2 is 2.00 bits per heavy atom. The quantitative estimate of drug-likeness (QED) is 0.759. The number of aromatic nitrogens is 1. The zero-order valence-electron chi connectivity index (χ0n) is 7.08. The van der Waals surface area contributed by atoms with E-state index in [0.29, 0.717) is 4.57 Å². The van der Waals surface area contributed by atoms with Crippen LogP contribution in [0.5, 0.6) is 0 Å². The Hall–Kier alpha value is -0.910. The summed E-state index contributed by atoms with van der Waals surface area (Å²) >= 11 is 3.80. The first-order valence-corrected chi connectivity index (χ1v) is 4.48. The Morgan fingerprint density at radius 3 is 2.50 bits per heavy atom. The van der Waals surface area contributed by atoms with E-state index in [1.807, 2.05) is 0 Å². The highest BCUT2D eigenvalue weighted by Gasteiger charge is 2.33. The van der Waals surface area contributed by atoms with Gasteiger partial charge in [-0.2, -0.15) is 25.8 Å². The van der Waals surface area contributed by atoms with E-state index >= 15 is 0 Å². The van der Waals surface area contributed by atoms with Gasteiger partial charge < -0.3 is 4.57 Å². The molecule has 0 atom stereocenters. The van der Waals surface area contributed by atoms with E-state index in [0.717, 1.165) is 18.2 Å². The largest absolute Gasteiger partial charge is 0.431 e. The van der Waals surface area contributed by atoms with E-state index in [4.69, 9.17) is 0 Å². The molecule has 0 radical (unpaired) electrons. The average molecular weight is 223 g/mol. The highest BCUT2D eigenvalue weighted by atomic mass is 32.1. The lowest BCUT2D eigenvalue weighted by Crippen LogP contribution is -2.27. The molecule has 0 aromatic carbocycles. The predicted octanol–water partition coefficient (Wildman–Crippen LogP) is 1.80. The van der Waals surface area contributed by atoms with Crippen molar-refractivity contribution in [1.29, 1.82) is 0 Å². The molecule has 1 rings (SSSR count). The van der Waals surface area contributed by atoms with Crippen LogP contribution in [-0.4, -0.2) is 10.3 Å². The Morgan fingerprint density at radius 1 is 1.36 bits per heavy atom. The van der Waals surface area contributed by atoms with Gasteiger partial charge in [-0.15, -0.1) is 0 Å². The van der Waals surface area contributed by atoms with Crippen molar-refractivity contribution in [3.8, 4) is 0 Å². The Bertz CT molecular complexity index is 372. The first-order chi connectivity index (χ1) is 6.46. The first-order valence-electron chi connectivity index (χ1n) is 3.84. The van der Waals surface area contributed by atoms with Gasteiger partial charge in [0.1, 0.15) is 5.69 Å². The maximum absolute atomic E-state index is 12.4. The summed E-state index contributed by atoms with van der Waals surface area (Å²) in [4.78, 5) is 11.1. The molecule has 0 amide bonds. The van der Waals surface area contributed by atoms with Crippen molar-refractivity contribution in [2.45, 2.75) is 12.7 Å². The van der Waals surface area contributed by atoms with Gasteiger partial charge in [0, 0.05) is 18.4 Å². The number of alkyl halides is 3. The number of nitrogens with zero attached hydrogens (tertiary/aromatic N) is 1. The third-order valence-electron chi connectivity index (χ3n) is 1.66. The van der Waals surface area contributed by atoms with E-state index in [1.165, 1.54) is 0 Å². The molecule has 6 heteroatoms. The maximum Gasteiger partial charge on any atom is 0.431 e. The smallest absolute Gasteiger partial charge is 0.304 e. The van der Waals surface area contributed by atoms with Crippen LogP contribution in [-0.2, 0) is 12.7 Å². The molecule has 14 heavy (non-hydrogen) atoms. The third-order valence-corrected chi connectivity index (χ3v) is 1.86. The minimum absolute atomic E-state index is 0.0440. The molecular formula is C8H8F3NOS. The number of rotatable bonds is 2. The van der Waals surface area contributed by atoms with Crippen LogP contribution in [0.2, 0.25) is 0 Å². The van der Waals surface area contributed by atoms with Crippen molar-refractivity contribution in [2.24, 2.45) is 0 Å². The van der Waals surface area contributed by atoms with Crippen molar-refractivity contribution < 1.29 is 13.2 Å². The summed E-state index contributed by atoms with van der Waals surface area (Å²) in [7, 11) is 0. The maximum atomic E-state index is 12.4. The van der Waals surface area contributed by atoms with Gasteiger partial charge in [0.05, 0.1) is 0 Å². The molecule has 0 saturated carbocycles. The summed E-state index contributed by atoms with van der Waals surface area (Å²) in [6, 6.07) is 3.07. The summed E-state index contributed by atoms with van der Waals surface area (Å²) in [5.74, 6) is 0.188. The number of pyridine rings is 1. The monoisotopic (exact) mass is 223 g/mol. The van der Waals surface area contributed by atoms with Crippen LogP contribution >= 0.6 is 12.6 Å². The average Bonchev–Trinajstić information content (AvgIpc) is 2.07. The standard InChI is InChI=1S/C8H8F3NOS/c9-8(10,11)6-2-1-3-7(13)12(6)4-5-14/h1-3,14H,4-5H2. The SMILES string of the molecule is O=c1cccc(C(F)(F)F)n1CCS. The summed E-state index contributed by atoms with van der Waals surface area (Å²) in [6.45, 7) is -0.0440. The fourth-order valence-corrected chi connectivity index (χ4v) is 1.30. The highest BCUT2D eigenvalue weighted by Crippen LogP contribution is 2.27. The van der Waals surface area contributed by atoms with E-state index in [-0.39, 0.29) is 12.3 Å². The minimum atomic E-state index is -4.50. The van der Waals surface area contributed by atoms with Crippen LogP contribution in [0.4, 0.5) is 13.2 Å². The second-order valence-corrected chi connectivity index (χ2v) is 3.07. The van der Waals surface area contributed by atoms with Crippen molar-refractivity contribution in [2.75, 3.05) is 5.75 Å². The second kappa shape index (κ2) is 4.08. The van der Waals surface area contributed by atoms with Crippen LogP contribution in [0.15, 0.2) is 23.0 Å². The van der Waals surface area contributed by atoms with E-state index < -0.39 is 17.4 Å². The molecule has 0 N–H and O–H groups in total. The molecular weight excluding hydrogens is 215 g/mol. The molecule has 0 bridgehead atoms. The van der Waals surface area contributed by atoms with Gasteiger partial charge in [-0.05, 0) is 6.07 Å². The number of hydrogen-bond donors (Lipinski definition) is 1. The zero-order chi connectivity index (χ0) is 10.8. The molecule has 0 fully saturated rings. The Kier molecular flexibility index (Phi) is 3.25. The summed E-state index contributed by atoms with van der Waals surface area (Å²) < 4.78 is 37.8. The number of halogens is 3. The number of hydrogen-bond acceptors (Lipinski definition) is 2. The highest BCUT2D eigenvalue weighted by molar-refractivity contribution is 7.80. The fourth-order valence-electron chi connectivity index (χ4n) is 1.10. The minimum Gasteiger partial charge on any atom is -0.304 e. The lowest BCUT2D eigenvalue weighted by Gasteiger charge is -2.13. The molecule has 1 aromatic heterocycles. The third kappa shape index (κ3) is 2.31. The van der Waals surface area contributed by atoms with Crippen LogP contribution in [0.25, 0.3) is 0 Å². The predicted molar refractivity (Wildman–Crippen MR) is 49.6 cm³/mol. The summed E-state index contributed by atoms with van der Waals surface area (Å²) in [5.41, 5.74) is -1.59. The van der Waals surface area contributed by atoms with Crippen LogP contribution in [0.3, 0.4) is 0 Å². The summed E-state index contributed by atoms with van der Waals surface area (Å²) in [5, 5.41) is 0. The van der Waals surface area contributed by atoms with Crippen molar-refractivity contribution in [3.05, 3.63) is 34.2 Å². The van der Waals surface area contributed by atoms with Crippen LogP contribution in [0, 0.1) is 0 Å². The van der Waals surface area contributed by atoms with Gasteiger partial charge in [-0.1, -0.05) is 6.07 Å². The van der Waals surface area contributed by atoms with Gasteiger partial charge in [-0.25, -0.2) is 0 Å². The van der Waals surface area contributed by atoms with E-state index in [9.17, 15) is 18.0 Å². The van der Waals surface area contributed by atoms with Gasteiger partial charge >= 0.3 is 6.18 Å². The van der Waals surface area contributed by atoms with Gasteiger partial charge in [0.2, 0.25) is 0 Å². The molecule has 1 heterocycles. The fraction of sp³-hybridized carbons (Fsp3) is 0.375. The molecule has 0 saturated heterocycles. The van der Waals surface area contributed by atoms with Gasteiger partial charge in [0.25, 0.3) is 5.56 Å². The molecule has 0 spiro atoms. The van der Waals surface area contributed by atoms with E-state index in [2.05, 4.69) is 12.6 Å².